The summed E-state index contributed by atoms with van der Waals surface area (Å²) in [6, 6.07) is 11.2. The lowest BCUT2D eigenvalue weighted by molar-refractivity contribution is 0.102. The number of carbonyl (C=O) groups is 1. The number of nitrogens with one attached hydrogen (secondary N) is 1. The molecule has 0 atom stereocenters. The van der Waals surface area contributed by atoms with Crippen LogP contribution in [0.1, 0.15) is 15.9 Å². The molecule has 106 valence electrons. The summed E-state index contributed by atoms with van der Waals surface area (Å²) in [5, 5.41) is 3.44. The molecule has 0 spiro atoms. The summed E-state index contributed by atoms with van der Waals surface area (Å²) in [4.78, 5) is 16.8. The number of aromatic nitrogens is 1. The second-order valence-corrected chi connectivity index (χ2v) is 6.75. The molecular weight excluding hydrogens is 397 g/mol. The molecule has 0 bridgehead atoms. The fraction of sp³-hybridized carbons (Fsp3) is 0.0667. The van der Waals surface area contributed by atoms with Gasteiger partial charge in [-0.3, -0.25) is 10.1 Å². The van der Waals surface area contributed by atoms with Gasteiger partial charge in [-0.2, -0.15) is 0 Å². The molecule has 1 aromatic heterocycles. The van der Waals surface area contributed by atoms with Crippen LogP contribution in [0.3, 0.4) is 0 Å². The van der Waals surface area contributed by atoms with E-state index < -0.39 is 0 Å². The number of hydrogen-bond acceptors (Lipinski definition) is 4. The highest BCUT2D eigenvalue weighted by atomic mass is 127. The number of halogens is 1. The second kappa shape index (κ2) is 5.61. The van der Waals surface area contributed by atoms with E-state index in [1.54, 1.807) is 6.07 Å². The zero-order valence-corrected chi connectivity index (χ0v) is 14.2. The zero-order valence-electron chi connectivity index (χ0n) is 11.2. The van der Waals surface area contributed by atoms with E-state index in [2.05, 4.69) is 32.9 Å². The minimum atomic E-state index is -0.143. The van der Waals surface area contributed by atoms with Crippen molar-refractivity contribution in [2.75, 3.05) is 11.1 Å². The van der Waals surface area contributed by atoms with Gasteiger partial charge < -0.3 is 5.73 Å². The maximum atomic E-state index is 12.4. The molecule has 2 aromatic carbocycles. The van der Waals surface area contributed by atoms with Crippen LogP contribution in [0.25, 0.3) is 10.2 Å². The molecule has 0 radical (unpaired) electrons. The van der Waals surface area contributed by atoms with Gasteiger partial charge in [0.2, 0.25) is 0 Å². The van der Waals surface area contributed by atoms with Crippen molar-refractivity contribution in [3.05, 3.63) is 51.1 Å². The Morgan fingerprint density at radius 3 is 2.95 bits per heavy atom. The summed E-state index contributed by atoms with van der Waals surface area (Å²) in [7, 11) is 0. The first-order valence-electron chi connectivity index (χ1n) is 6.27. The molecule has 1 heterocycles. The highest BCUT2D eigenvalue weighted by molar-refractivity contribution is 14.1. The molecule has 3 rings (SSSR count). The van der Waals surface area contributed by atoms with Crippen LogP contribution in [0.2, 0.25) is 0 Å². The Morgan fingerprint density at radius 1 is 1.33 bits per heavy atom. The number of carbonyl (C=O) groups excluding carboxylic acids is 1. The lowest BCUT2D eigenvalue weighted by atomic mass is 10.1. The van der Waals surface area contributed by atoms with Crippen molar-refractivity contribution < 1.29 is 4.79 Å². The number of aryl methyl sites for hydroxylation is 1. The van der Waals surface area contributed by atoms with Crippen LogP contribution in [0.4, 0.5) is 10.8 Å². The van der Waals surface area contributed by atoms with Crippen molar-refractivity contribution >= 4 is 60.9 Å². The molecule has 0 fully saturated rings. The van der Waals surface area contributed by atoms with Crippen molar-refractivity contribution in [3.8, 4) is 0 Å². The van der Waals surface area contributed by atoms with Gasteiger partial charge in [0.1, 0.15) is 0 Å². The number of benzene rings is 2. The maximum Gasteiger partial charge on any atom is 0.258 e. The van der Waals surface area contributed by atoms with Crippen molar-refractivity contribution in [1.29, 1.82) is 0 Å². The van der Waals surface area contributed by atoms with Crippen LogP contribution in [0.15, 0.2) is 36.4 Å². The number of thiazole rings is 1. The predicted molar refractivity (Wildman–Crippen MR) is 95.9 cm³/mol. The smallest absolute Gasteiger partial charge is 0.258 e. The average molecular weight is 409 g/mol. The van der Waals surface area contributed by atoms with Crippen molar-refractivity contribution in [2.45, 2.75) is 6.92 Å². The molecule has 0 saturated heterocycles. The van der Waals surface area contributed by atoms with Crippen LogP contribution in [0, 0.1) is 10.5 Å². The minimum absolute atomic E-state index is 0.143. The van der Waals surface area contributed by atoms with Crippen molar-refractivity contribution in [2.24, 2.45) is 0 Å². The number of nitrogens with zero attached hydrogens (tertiary/aromatic N) is 1. The molecule has 4 nitrogen and oxygen atoms in total. The Hall–Kier alpha value is -1.67. The van der Waals surface area contributed by atoms with Gasteiger partial charge in [-0.1, -0.05) is 23.5 Å². The first-order chi connectivity index (χ1) is 10.0. The number of hydrogen-bond donors (Lipinski definition) is 2. The number of nitrogen functional groups attached to an aromatic ring is 1. The number of rotatable bonds is 2. The highest BCUT2D eigenvalue weighted by Crippen LogP contribution is 2.28. The predicted octanol–water partition coefficient (Wildman–Crippen LogP) is 4.04. The van der Waals surface area contributed by atoms with Crippen LogP contribution >= 0.6 is 33.9 Å². The van der Waals surface area contributed by atoms with Gasteiger partial charge in [-0.05, 0) is 59.3 Å². The Labute approximate surface area is 139 Å². The summed E-state index contributed by atoms with van der Waals surface area (Å²) >= 11 is 3.61. The van der Waals surface area contributed by atoms with Crippen molar-refractivity contribution in [3.63, 3.8) is 0 Å². The third-order valence-electron chi connectivity index (χ3n) is 3.07. The third kappa shape index (κ3) is 2.86. The topological polar surface area (TPSA) is 68.0 Å². The third-order valence-corrected chi connectivity index (χ3v) is 5.43. The zero-order chi connectivity index (χ0) is 15.0. The molecule has 6 heteroatoms. The number of fused-ring (bicyclic) bond motifs is 1. The van der Waals surface area contributed by atoms with E-state index in [-0.39, 0.29) is 5.91 Å². The molecule has 0 aliphatic carbocycles. The Bertz CT molecular complexity index is 844. The molecule has 0 saturated carbocycles. The van der Waals surface area contributed by atoms with Crippen molar-refractivity contribution in [1.82, 2.24) is 4.98 Å². The number of amides is 1. The van der Waals surface area contributed by atoms with E-state index in [0.29, 0.717) is 16.4 Å². The lowest BCUT2D eigenvalue weighted by Crippen LogP contribution is -2.13. The molecule has 3 aromatic rings. The number of nitrogens with two attached hydrogens (primary N) is 1. The van der Waals surface area contributed by atoms with Gasteiger partial charge >= 0.3 is 0 Å². The summed E-state index contributed by atoms with van der Waals surface area (Å²) < 4.78 is 1.92. The molecule has 21 heavy (non-hydrogen) atoms. The first kappa shape index (κ1) is 14.3. The van der Waals surface area contributed by atoms with Gasteiger partial charge in [0.15, 0.2) is 5.13 Å². The Morgan fingerprint density at radius 2 is 2.14 bits per heavy atom. The largest absolute Gasteiger partial charge is 0.399 e. The minimum Gasteiger partial charge on any atom is -0.399 e. The number of anilines is 2. The fourth-order valence-electron chi connectivity index (χ4n) is 1.98. The maximum absolute atomic E-state index is 12.4. The quantitative estimate of drug-likeness (QED) is 0.496. The summed E-state index contributed by atoms with van der Waals surface area (Å²) in [6.07, 6.45) is 0. The SMILES string of the molecule is Cc1cccc(C(=O)Nc2nc3ccc(N)cc3s2)c1I. The normalized spacial score (nSPS) is 10.8. The molecule has 0 aliphatic heterocycles. The molecule has 0 aliphatic rings. The van der Waals surface area contributed by atoms with Gasteiger partial charge in [-0.15, -0.1) is 0 Å². The van der Waals surface area contributed by atoms with Gasteiger partial charge in [0.25, 0.3) is 5.91 Å². The van der Waals surface area contributed by atoms with Gasteiger partial charge in [-0.25, -0.2) is 4.98 Å². The lowest BCUT2D eigenvalue weighted by Gasteiger charge is -2.06. The standard InChI is InChI=1S/C15H12IN3OS/c1-8-3-2-4-10(13(8)16)14(20)19-15-18-11-6-5-9(17)7-12(11)21-15/h2-7H,17H2,1H3,(H,18,19,20). The summed E-state index contributed by atoms with van der Waals surface area (Å²) in [5.74, 6) is -0.143. The van der Waals surface area contributed by atoms with E-state index in [9.17, 15) is 4.79 Å². The molecular formula is C15H12IN3OS. The summed E-state index contributed by atoms with van der Waals surface area (Å²) in [5.41, 5.74) is 9.03. The van der Waals surface area contributed by atoms with Gasteiger partial charge in [0.05, 0.1) is 15.8 Å². The average Bonchev–Trinajstić information content (AvgIpc) is 2.83. The van der Waals surface area contributed by atoms with E-state index >= 15 is 0 Å². The van der Waals surface area contributed by atoms with E-state index in [1.807, 2.05) is 37.3 Å². The van der Waals surface area contributed by atoms with Crippen LogP contribution in [-0.2, 0) is 0 Å². The van der Waals surface area contributed by atoms with E-state index in [1.165, 1.54) is 11.3 Å². The Balaban J connectivity index is 1.91. The van der Waals surface area contributed by atoms with E-state index in [4.69, 9.17) is 5.73 Å². The highest BCUT2D eigenvalue weighted by Gasteiger charge is 2.13. The van der Waals surface area contributed by atoms with E-state index in [0.717, 1.165) is 19.4 Å². The molecule has 1 amide bonds. The second-order valence-electron chi connectivity index (χ2n) is 4.64. The molecule has 0 unspecified atom stereocenters. The fourth-order valence-corrected chi connectivity index (χ4v) is 3.50. The summed E-state index contributed by atoms with van der Waals surface area (Å²) in [6.45, 7) is 1.99. The first-order valence-corrected chi connectivity index (χ1v) is 8.16. The van der Waals surface area contributed by atoms with Gasteiger partial charge in [0, 0.05) is 9.26 Å². The van der Waals surface area contributed by atoms with Crippen LogP contribution in [-0.4, -0.2) is 10.9 Å². The monoisotopic (exact) mass is 409 g/mol. The Kier molecular flexibility index (Phi) is 3.81. The molecule has 3 N–H and O–H groups in total. The van der Waals surface area contributed by atoms with Crippen LogP contribution < -0.4 is 11.1 Å². The van der Waals surface area contributed by atoms with Crippen LogP contribution in [0.5, 0.6) is 0 Å².